The average Bonchev–Trinajstić information content (AvgIpc) is 3.23. The quantitative estimate of drug-likeness (QED) is 0.605. The summed E-state index contributed by atoms with van der Waals surface area (Å²) in [5, 5.41) is 21.3. The minimum absolute atomic E-state index is 0.127. The van der Waals surface area contributed by atoms with E-state index in [-0.39, 0.29) is 18.8 Å². The number of hydrogen-bond acceptors (Lipinski definition) is 5. The summed E-state index contributed by atoms with van der Waals surface area (Å²) in [6.45, 7) is 3.49. The Morgan fingerprint density at radius 3 is 2.70 bits per heavy atom. The molecule has 4 nitrogen and oxygen atoms in total. The maximum atomic E-state index is 9.70. The van der Waals surface area contributed by atoms with Crippen molar-refractivity contribution >= 4 is 11.3 Å². The number of nitrogens with zero attached hydrogens (tertiary/aromatic N) is 1. The molecule has 2 aromatic rings. The predicted octanol–water partition coefficient (Wildman–Crippen LogP) is 3.92. The van der Waals surface area contributed by atoms with Crippen LogP contribution in [-0.2, 0) is 11.3 Å². The van der Waals surface area contributed by atoms with Crippen LogP contribution in [0.15, 0.2) is 41.8 Å². The molecular weight excluding hydrogens is 358 g/mol. The molecule has 2 N–H and O–H groups in total. The highest BCUT2D eigenvalue weighted by atomic mass is 32.1. The van der Waals surface area contributed by atoms with Gasteiger partial charge >= 0.3 is 0 Å². The third-order valence-electron chi connectivity index (χ3n) is 5.28. The van der Waals surface area contributed by atoms with Crippen LogP contribution < -0.4 is 0 Å². The largest absolute Gasteiger partial charge is 0.395 e. The van der Waals surface area contributed by atoms with E-state index in [0.717, 1.165) is 45.4 Å². The van der Waals surface area contributed by atoms with Gasteiger partial charge in [-0.2, -0.15) is 0 Å². The monoisotopic (exact) mass is 389 g/mol. The van der Waals surface area contributed by atoms with Crippen molar-refractivity contribution in [3.05, 3.63) is 47.3 Å². The fraction of sp³-hybridized carbons (Fsp3) is 0.545. The van der Waals surface area contributed by atoms with Crippen molar-refractivity contribution in [1.29, 1.82) is 0 Å². The van der Waals surface area contributed by atoms with Gasteiger partial charge in [0.15, 0.2) is 0 Å². The summed E-state index contributed by atoms with van der Waals surface area (Å²) >= 11 is 1.76. The van der Waals surface area contributed by atoms with Crippen molar-refractivity contribution < 1.29 is 14.9 Å². The first kappa shape index (κ1) is 20.5. The van der Waals surface area contributed by atoms with Crippen LogP contribution in [0.2, 0.25) is 0 Å². The Morgan fingerprint density at radius 2 is 1.96 bits per heavy atom. The van der Waals surface area contributed by atoms with E-state index in [1.807, 2.05) is 0 Å². The zero-order chi connectivity index (χ0) is 18.9. The molecule has 27 heavy (non-hydrogen) atoms. The average molecular weight is 390 g/mol. The lowest BCUT2D eigenvalue weighted by atomic mass is 9.99. The Morgan fingerprint density at radius 1 is 1.11 bits per heavy atom. The molecule has 148 valence electrons. The van der Waals surface area contributed by atoms with Gasteiger partial charge in [-0.25, -0.2) is 0 Å². The van der Waals surface area contributed by atoms with Gasteiger partial charge in [-0.05, 0) is 61.2 Å². The molecule has 3 rings (SSSR count). The van der Waals surface area contributed by atoms with Crippen LogP contribution in [-0.4, -0.2) is 53.6 Å². The molecule has 1 saturated heterocycles. The number of rotatable bonds is 10. The highest BCUT2D eigenvalue weighted by molar-refractivity contribution is 7.13. The minimum atomic E-state index is -0.244. The number of piperidine rings is 1. The molecule has 0 amide bonds. The van der Waals surface area contributed by atoms with E-state index in [1.165, 1.54) is 16.0 Å². The number of thiophene rings is 1. The van der Waals surface area contributed by atoms with Gasteiger partial charge in [0, 0.05) is 24.1 Å². The second-order valence-electron chi connectivity index (χ2n) is 7.34. The molecule has 0 spiro atoms. The third kappa shape index (κ3) is 6.40. The standard InChI is InChI=1S/C22H31NO3S/c24-16-20-15-21(25)10-12-23(20)11-2-1-3-13-26-17-18-6-8-19(9-7-18)22-5-4-14-27-22/h4-9,14,20-21,24-25H,1-3,10-13,15-17H2. The molecule has 5 heteroatoms. The number of likely N-dealkylation sites (tertiary alicyclic amines) is 1. The van der Waals surface area contributed by atoms with Gasteiger partial charge in [0.1, 0.15) is 0 Å². The normalized spacial score (nSPS) is 20.8. The first-order valence-corrected chi connectivity index (χ1v) is 10.9. The molecule has 1 aliphatic heterocycles. The van der Waals surface area contributed by atoms with E-state index in [1.54, 1.807) is 11.3 Å². The lowest BCUT2D eigenvalue weighted by Crippen LogP contribution is -2.46. The molecule has 2 unspecified atom stereocenters. The van der Waals surface area contributed by atoms with Crippen molar-refractivity contribution in [2.24, 2.45) is 0 Å². The van der Waals surface area contributed by atoms with Gasteiger partial charge in [-0.3, -0.25) is 4.90 Å². The minimum Gasteiger partial charge on any atom is -0.395 e. The third-order valence-corrected chi connectivity index (χ3v) is 6.20. The van der Waals surface area contributed by atoms with E-state index >= 15 is 0 Å². The lowest BCUT2D eigenvalue weighted by Gasteiger charge is -2.36. The van der Waals surface area contributed by atoms with Gasteiger partial charge in [-0.1, -0.05) is 30.3 Å². The predicted molar refractivity (Wildman–Crippen MR) is 111 cm³/mol. The number of hydrogen-bond donors (Lipinski definition) is 2. The second-order valence-corrected chi connectivity index (χ2v) is 8.29. The summed E-state index contributed by atoms with van der Waals surface area (Å²) in [7, 11) is 0. The molecule has 0 radical (unpaired) electrons. The number of benzene rings is 1. The van der Waals surface area contributed by atoms with Crippen molar-refractivity contribution in [3.8, 4) is 10.4 Å². The smallest absolute Gasteiger partial charge is 0.0716 e. The van der Waals surface area contributed by atoms with Crippen molar-refractivity contribution in [1.82, 2.24) is 4.90 Å². The zero-order valence-electron chi connectivity index (χ0n) is 15.9. The number of aliphatic hydroxyl groups is 2. The molecular formula is C22H31NO3S. The zero-order valence-corrected chi connectivity index (χ0v) is 16.7. The molecule has 2 atom stereocenters. The maximum absolute atomic E-state index is 9.70. The Hall–Kier alpha value is -1.24. The summed E-state index contributed by atoms with van der Waals surface area (Å²) in [4.78, 5) is 3.62. The van der Waals surface area contributed by atoms with Crippen molar-refractivity contribution in [2.45, 2.75) is 50.9 Å². The Bertz CT molecular complexity index is 644. The summed E-state index contributed by atoms with van der Waals surface area (Å²) in [5.41, 5.74) is 2.48. The molecule has 1 aromatic heterocycles. The van der Waals surface area contributed by atoms with Gasteiger partial charge in [0.05, 0.1) is 19.3 Å². The maximum Gasteiger partial charge on any atom is 0.0716 e. The van der Waals surface area contributed by atoms with Crippen LogP contribution in [0.1, 0.15) is 37.7 Å². The first-order valence-electron chi connectivity index (χ1n) is 10.00. The molecule has 1 aliphatic rings. The van der Waals surface area contributed by atoms with Crippen LogP contribution in [0.25, 0.3) is 10.4 Å². The number of ether oxygens (including phenoxy) is 1. The van der Waals surface area contributed by atoms with E-state index in [9.17, 15) is 10.2 Å². The van der Waals surface area contributed by atoms with Crippen LogP contribution in [0, 0.1) is 0 Å². The van der Waals surface area contributed by atoms with Crippen LogP contribution in [0.3, 0.4) is 0 Å². The van der Waals surface area contributed by atoms with Crippen molar-refractivity contribution in [3.63, 3.8) is 0 Å². The molecule has 0 aliphatic carbocycles. The fourth-order valence-electron chi connectivity index (χ4n) is 3.66. The van der Waals surface area contributed by atoms with Crippen LogP contribution in [0.4, 0.5) is 0 Å². The SMILES string of the molecule is OCC1CC(O)CCN1CCCCCOCc1ccc(-c2cccs2)cc1. The summed E-state index contributed by atoms with van der Waals surface area (Å²) in [6.07, 6.45) is 4.59. The molecule has 1 fully saturated rings. The topological polar surface area (TPSA) is 52.9 Å². The van der Waals surface area contributed by atoms with Gasteiger partial charge in [-0.15, -0.1) is 11.3 Å². The highest BCUT2D eigenvalue weighted by Crippen LogP contribution is 2.24. The summed E-state index contributed by atoms with van der Waals surface area (Å²) in [6, 6.07) is 13.0. The fourth-order valence-corrected chi connectivity index (χ4v) is 4.39. The molecule has 0 bridgehead atoms. The van der Waals surface area contributed by atoms with Gasteiger partial charge < -0.3 is 14.9 Å². The molecule has 0 saturated carbocycles. The number of unbranched alkanes of at least 4 members (excludes halogenated alkanes) is 2. The number of aliphatic hydroxyl groups excluding tert-OH is 2. The Kier molecular flexibility index (Phi) is 8.30. The molecule has 1 aromatic carbocycles. The first-order chi connectivity index (χ1) is 13.3. The summed E-state index contributed by atoms with van der Waals surface area (Å²) < 4.78 is 5.81. The highest BCUT2D eigenvalue weighted by Gasteiger charge is 2.26. The van der Waals surface area contributed by atoms with Gasteiger partial charge in [0.2, 0.25) is 0 Å². The van der Waals surface area contributed by atoms with E-state index < -0.39 is 0 Å². The van der Waals surface area contributed by atoms with E-state index in [0.29, 0.717) is 13.0 Å². The van der Waals surface area contributed by atoms with Crippen LogP contribution in [0.5, 0.6) is 0 Å². The van der Waals surface area contributed by atoms with Crippen molar-refractivity contribution in [2.75, 3.05) is 26.3 Å². The Labute approximate surface area is 166 Å². The van der Waals surface area contributed by atoms with Crippen LogP contribution >= 0.6 is 11.3 Å². The Balaban J connectivity index is 1.26. The van der Waals surface area contributed by atoms with E-state index in [4.69, 9.17) is 4.74 Å². The lowest BCUT2D eigenvalue weighted by molar-refractivity contribution is 0.0160. The molecule has 2 heterocycles. The van der Waals surface area contributed by atoms with Gasteiger partial charge in [0.25, 0.3) is 0 Å². The second kappa shape index (κ2) is 10.9. The summed E-state index contributed by atoms with van der Waals surface area (Å²) in [5.74, 6) is 0. The van der Waals surface area contributed by atoms with E-state index in [2.05, 4.69) is 46.7 Å².